The maximum atomic E-state index is 6.40. The first-order chi connectivity index (χ1) is 13.6. The molecule has 5 nitrogen and oxygen atoms in total. The lowest BCUT2D eigenvalue weighted by atomic mass is 10.1. The smallest absolute Gasteiger partial charge is 0.179 e. The summed E-state index contributed by atoms with van der Waals surface area (Å²) >= 11 is 6.40. The zero-order valence-corrected chi connectivity index (χ0v) is 17.2. The molecule has 0 aliphatic carbocycles. The minimum Gasteiger partial charge on any atom is -0.493 e. The number of hydrogen-bond donors (Lipinski definition) is 1. The highest BCUT2D eigenvalue weighted by molar-refractivity contribution is 6.32. The molecule has 6 heteroatoms. The third-order valence-electron chi connectivity index (χ3n) is 4.99. The summed E-state index contributed by atoms with van der Waals surface area (Å²) in [6.07, 6.45) is 2.04. The summed E-state index contributed by atoms with van der Waals surface area (Å²) in [6.45, 7) is 7.64. The van der Waals surface area contributed by atoms with Crippen molar-refractivity contribution in [3.05, 3.63) is 46.0 Å². The highest BCUT2D eigenvalue weighted by Gasteiger charge is 2.22. The van der Waals surface area contributed by atoms with Gasteiger partial charge in [0.05, 0.1) is 30.4 Å². The van der Waals surface area contributed by atoms with Gasteiger partial charge >= 0.3 is 0 Å². The van der Waals surface area contributed by atoms with Gasteiger partial charge in [0.25, 0.3) is 0 Å². The van der Waals surface area contributed by atoms with E-state index in [1.54, 1.807) is 0 Å². The van der Waals surface area contributed by atoms with E-state index in [0.717, 1.165) is 54.3 Å². The van der Waals surface area contributed by atoms with Crippen LogP contribution in [0, 0.1) is 0 Å². The molecule has 28 heavy (non-hydrogen) atoms. The van der Waals surface area contributed by atoms with Crippen molar-refractivity contribution in [3.8, 4) is 23.0 Å². The van der Waals surface area contributed by atoms with Gasteiger partial charge in [-0.25, -0.2) is 0 Å². The average molecular weight is 405 g/mol. The second kappa shape index (κ2) is 8.50. The van der Waals surface area contributed by atoms with Gasteiger partial charge in [-0.05, 0) is 38.1 Å². The molecule has 0 bridgehead atoms. The molecule has 2 aliphatic heterocycles. The molecule has 2 aliphatic rings. The largest absolute Gasteiger partial charge is 0.493 e. The standard InChI is InChI=1S/C22H26ClNO4/c1-3-25-19-10-16-7-14(2)28-20(16)11-17(19)13-24-12-15-8-18(23)22-21(9-15)26-5-4-6-27-22/h8-11,14,24H,3-7,12-13H2,1-2H3/p+1/t14-/m1/s1. The van der Waals surface area contributed by atoms with Gasteiger partial charge < -0.3 is 24.3 Å². The van der Waals surface area contributed by atoms with E-state index in [9.17, 15) is 0 Å². The lowest BCUT2D eigenvalue weighted by Crippen LogP contribution is -2.80. The van der Waals surface area contributed by atoms with Crippen LogP contribution in [0.4, 0.5) is 0 Å². The molecular formula is C22H27ClNO4+. The second-order valence-electron chi connectivity index (χ2n) is 7.29. The van der Waals surface area contributed by atoms with E-state index in [1.165, 1.54) is 5.56 Å². The minimum atomic E-state index is 0.229. The van der Waals surface area contributed by atoms with E-state index in [1.807, 2.05) is 19.1 Å². The Morgan fingerprint density at radius 3 is 2.82 bits per heavy atom. The van der Waals surface area contributed by atoms with E-state index in [0.29, 0.717) is 30.6 Å². The minimum absolute atomic E-state index is 0.229. The number of nitrogens with two attached hydrogens (primary N) is 1. The first kappa shape index (κ1) is 19.2. The van der Waals surface area contributed by atoms with Crippen LogP contribution in [0.15, 0.2) is 24.3 Å². The van der Waals surface area contributed by atoms with Crippen molar-refractivity contribution in [2.75, 3.05) is 19.8 Å². The van der Waals surface area contributed by atoms with Crippen molar-refractivity contribution >= 4 is 11.6 Å². The summed E-state index contributed by atoms with van der Waals surface area (Å²) in [5, 5.41) is 2.84. The van der Waals surface area contributed by atoms with Gasteiger partial charge in [-0.3, -0.25) is 0 Å². The molecule has 0 aromatic heterocycles. The molecule has 4 rings (SSSR count). The summed E-state index contributed by atoms with van der Waals surface area (Å²) < 4.78 is 23.3. The Balaban J connectivity index is 1.46. The van der Waals surface area contributed by atoms with Gasteiger partial charge in [0, 0.05) is 24.0 Å². The molecule has 0 unspecified atom stereocenters. The summed E-state index contributed by atoms with van der Waals surface area (Å²) in [5.41, 5.74) is 3.49. The fourth-order valence-corrected chi connectivity index (χ4v) is 4.02. The van der Waals surface area contributed by atoms with Crippen LogP contribution in [0.5, 0.6) is 23.0 Å². The normalized spacial score (nSPS) is 17.6. The molecule has 2 aromatic rings. The van der Waals surface area contributed by atoms with Crippen LogP contribution >= 0.6 is 11.6 Å². The van der Waals surface area contributed by atoms with Crippen LogP contribution in [0.25, 0.3) is 0 Å². The van der Waals surface area contributed by atoms with Crippen molar-refractivity contribution in [1.82, 2.24) is 0 Å². The fraction of sp³-hybridized carbons (Fsp3) is 0.455. The Morgan fingerprint density at radius 1 is 1.11 bits per heavy atom. The number of rotatable bonds is 6. The number of halogens is 1. The summed E-state index contributed by atoms with van der Waals surface area (Å²) in [5.74, 6) is 3.33. The van der Waals surface area contributed by atoms with E-state index < -0.39 is 0 Å². The molecule has 0 fully saturated rings. The van der Waals surface area contributed by atoms with Crippen LogP contribution in [0.3, 0.4) is 0 Å². The number of ether oxygens (including phenoxy) is 4. The lowest BCUT2D eigenvalue weighted by Gasteiger charge is -2.13. The van der Waals surface area contributed by atoms with Gasteiger partial charge in [-0.1, -0.05) is 11.6 Å². The average Bonchev–Trinajstić information content (AvgIpc) is 2.86. The molecular weight excluding hydrogens is 378 g/mol. The predicted octanol–water partition coefficient (Wildman–Crippen LogP) is 3.49. The third-order valence-corrected chi connectivity index (χ3v) is 5.27. The van der Waals surface area contributed by atoms with Crippen LogP contribution in [-0.4, -0.2) is 25.9 Å². The fourth-order valence-electron chi connectivity index (χ4n) is 3.73. The predicted molar refractivity (Wildman–Crippen MR) is 108 cm³/mol. The van der Waals surface area contributed by atoms with Gasteiger partial charge in [-0.15, -0.1) is 0 Å². The Kier molecular flexibility index (Phi) is 5.83. The Hall–Kier alpha value is -2.11. The molecule has 1 atom stereocenters. The molecule has 0 saturated heterocycles. The number of quaternary nitrogens is 1. The highest BCUT2D eigenvalue weighted by Crippen LogP contribution is 2.38. The van der Waals surface area contributed by atoms with Crippen molar-refractivity contribution in [2.24, 2.45) is 0 Å². The Bertz CT molecular complexity index is 855. The molecule has 0 amide bonds. The number of hydrogen-bond acceptors (Lipinski definition) is 4. The molecule has 0 saturated carbocycles. The second-order valence-corrected chi connectivity index (χ2v) is 7.69. The van der Waals surface area contributed by atoms with Crippen LogP contribution in [-0.2, 0) is 19.5 Å². The topological polar surface area (TPSA) is 53.5 Å². The molecule has 2 heterocycles. The summed E-state index contributed by atoms with van der Waals surface area (Å²) in [6, 6.07) is 8.25. The van der Waals surface area contributed by atoms with Crippen molar-refractivity contribution in [2.45, 2.75) is 45.9 Å². The Morgan fingerprint density at radius 2 is 1.96 bits per heavy atom. The third kappa shape index (κ3) is 4.15. The van der Waals surface area contributed by atoms with E-state index in [-0.39, 0.29) is 6.10 Å². The summed E-state index contributed by atoms with van der Waals surface area (Å²) in [4.78, 5) is 0. The zero-order valence-electron chi connectivity index (χ0n) is 16.4. The van der Waals surface area contributed by atoms with Crippen LogP contribution in [0.2, 0.25) is 5.02 Å². The Labute approximate surface area is 170 Å². The van der Waals surface area contributed by atoms with Gasteiger partial charge in [0.15, 0.2) is 11.5 Å². The van der Waals surface area contributed by atoms with Gasteiger partial charge in [-0.2, -0.15) is 0 Å². The molecule has 0 spiro atoms. The van der Waals surface area contributed by atoms with Crippen molar-refractivity contribution in [1.29, 1.82) is 0 Å². The zero-order chi connectivity index (χ0) is 19.5. The number of benzene rings is 2. The van der Waals surface area contributed by atoms with Crippen molar-refractivity contribution < 1.29 is 24.3 Å². The molecule has 2 N–H and O–H groups in total. The molecule has 2 aromatic carbocycles. The number of fused-ring (bicyclic) bond motifs is 2. The van der Waals surface area contributed by atoms with E-state index >= 15 is 0 Å². The van der Waals surface area contributed by atoms with Crippen LogP contribution in [0.1, 0.15) is 37.0 Å². The lowest BCUT2D eigenvalue weighted by molar-refractivity contribution is -0.686. The van der Waals surface area contributed by atoms with Gasteiger partial charge in [0.2, 0.25) is 0 Å². The van der Waals surface area contributed by atoms with E-state index in [2.05, 4.69) is 24.4 Å². The SMILES string of the molecule is CCOc1cc2c(cc1C[NH2+]Cc1cc(Cl)c3c(c1)OCCCO3)O[C@H](C)C2. The maximum Gasteiger partial charge on any atom is 0.179 e. The monoisotopic (exact) mass is 404 g/mol. The van der Waals surface area contributed by atoms with Crippen LogP contribution < -0.4 is 24.3 Å². The molecule has 0 radical (unpaired) electrons. The first-order valence-corrected chi connectivity index (χ1v) is 10.4. The maximum absolute atomic E-state index is 6.40. The van der Waals surface area contributed by atoms with E-state index in [4.69, 9.17) is 30.5 Å². The van der Waals surface area contributed by atoms with Crippen molar-refractivity contribution in [3.63, 3.8) is 0 Å². The molecule has 150 valence electrons. The van der Waals surface area contributed by atoms with Gasteiger partial charge in [0.1, 0.15) is 30.7 Å². The quantitative estimate of drug-likeness (QED) is 0.800. The first-order valence-electron chi connectivity index (χ1n) is 9.99. The summed E-state index contributed by atoms with van der Waals surface area (Å²) in [7, 11) is 0. The highest BCUT2D eigenvalue weighted by atomic mass is 35.5.